The molecule has 106 valence electrons. The van der Waals surface area contributed by atoms with E-state index >= 15 is 0 Å². The molecule has 1 aliphatic rings. The molecule has 1 N–H and O–H groups in total. The van der Waals surface area contributed by atoms with E-state index in [0.29, 0.717) is 19.6 Å². The third kappa shape index (κ3) is 3.39. The highest BCUT2D eigenvalue weighted by Crippen LogP contribution is 2.35. The summed E-state index contributed by atoms with van der Waals surface area (Å²) in [4.78, 5) is 0. The molecule has 19 heavy (non-hydrogen) atoms. The van der Waals surface area contributed by atoms with Crippen LogP contribution in [0.1, 0.15) is 31.9 Å². The highest BCUT2D eigenvalue weighted by Gasteiger charge is 2.25. The first kappa shape index (κ1) is 14.1. The Hall–Kier alpha value is -1.27. The van der Waals surface area contributed by atoms with Crippen molar-refractivity contribution in [2.45, 2.75) is 26.3 Å². The van der Waals surface area contributed by atoms with Crippen molar-refractivity contribution >= 4 is 10.0 Å². The van der Waals surface area contributed by atoms with Gasteiger partial charge >= 0.3 is 0 Å². The van der Waals surface area contributed by atoms with Crippen LogP contribution in [0.3, 0.4) is 0 Å². The molecule has 1 unspecified atom stereocenters. The maximum atomic E-state index is 11.7. The predicted octanol–water partition coefficient (Wildman–Crippen LogP) is 1.85. The van der Waals surface area contributed by atoms with E-state index < -0.39 is 10.0 Å². The molecular weight excluding hydrogens is 266 g/mol. The Balaban J connectivity index is 2.28. The molecule has 0 amide bonds. The van der Waals surface area contributed by atoms with Crippen LogP contribution in [0.25, 0.3) is 0 Å². The van der Waals surface area contributed by atoms with Gasteiger partial charge in [0.2, 0.25) is 10.0 Å². The van der Waals surface area contributed by atoms with Gasteiger partial charge in [0.25, 0.3) is 0 Å². The fraction of sp³-hybridized carbons (Fsp3) is 0.538. The fourth-order valence-electron chi connectivity index (χ4n) is 2.05. The molecule has 0 saturated heterocycles. The lowest BCUT2D eigenvalue weighted by atomic mass is 10.0. The zero-order valence-electron chi connectivity index (χ0n) is 11.2. The molecule has 1 heterocycles. The zero-order valence-corrected chi connectivity index (χ0v) is 12.0. The quantitative estimate of drug-likeness (QED) is 0.896. The second kappa shape index (κ2) is 5.79. The van der Waals surface area contributed by atoms with Gasteiger partial charge in [-0.2, -0.15) is 0 Å². The van der Waals surface area contributed by atoms with E-state index in [-0.39, 0.29) is 11.8 Å². The molecule has 1 aromatic rings. The van der Waals surface area contributed by atoms with Crippen LogP contribution in [0.2, 0.25) is 0 Å². The van der Waals surface area contributed by atoms with Crippen LogP contribution in [0, 0.1) is 0 Å². The van der Waals surface area contributed by atoms with Crippen molar-refractivity contribution in [2.24, 2.45) is 0 Å². The van der Waals surface area contributed by atoms with Crippen molar-refractivity contribution in [2.75, 3.05) is 19.0 Å². The van der Waals surface area contributed by atoms with Gasteiger partial charge in [-0.15, -0.1) is 0 Å². The third-order valence-electron chi connectivity index (χ3n) is 3.03. The maximum Gasteiger partial charge on any atom is 0.211 e. The first-order valence-electron chi connectivity index (χ1n) is 6.45. The van der Waals surface area contributed by atoms with Crippen molar-refractivity contribution in [1.82, 2.24) is 4.72 Å². The van der Waals surface area contributed by atoms with Crippen LogP contribution < -0.4 is 14.2 Å². The molecule has 0 fully saturated rings. The van der Waals surface area contributed by atoms with Crippen molar-refractivity contribution in [3.63, 3.8) is 0 Å². The predicted molar refractivity (Wildman–Crippen MR) is 73.1 cm³/mol. The SMILES string of the molecule is CCOc1ccc2c(c1)C(NS(=O)(=O)CC)CCO2. The average Bonchev–Trinajstić information content (AvgIpc) is 2.39. The van der Waals surface area contributed by atoms with E-state index in [0.717, 1.165) is 17.1 Å². The Bertz CT molecular complexity index is 542. The lowest BCUT2D eigenvalue weighted by molar-refractivity contribution is 0.261. The van der Waals surface area contributed by atoms with Gasteiger partial charge in [-0.3, -0.25) is 0 Å². The second-order valence-electron chi connectivity index (χ2n) is 4.34. The van der Waals surface area contributed by atoms with Crippen molar-refractivity contribution < 1.29 is 17.9 Å². The normalized spacial score (nSPS) is 18.5. The molecule has 2 rings (SSSR count). The molecule has 0 radical (unpaired) electrons. The minimum atomic E-state index is -3.23. The first-order valence-corrected chi connectivity index (χ1v) is 8.10. The number of benzene rings is 1. The van der Waals surface area contributed by atoms with Gasteiger partial charge in [0, 0.05) is 12.0 Å². The fourth-order valence-corrected chi connectivity index (χ4v) is 2.90. The van der Waals surface area contributed by atoms with Crippen molar-refractivity contribution in [3.8, 4) is 11.5 Å². The number of hydrogen-bond donors (Lipinski definition) is 1. The van der Waals surface area contributed by atoms with E-state index in [4.69, 9.17) is 9.47 Å². The average molecular weight is 285 g/mol. The van der Waals surface area contributed by atoms with Crippen LogP contribution in [-0.4, -0.2) is 27.4 Å². The summed E-state index contributed by atoms with van der Waals surface area (Å²) in [6, 6.07) is 5.26. The highest BCUT2D eigenvalue weighted by atomic mass is 32.2. The van der Waals surface area contributed by atoms with E-state index in [1.807, 2.05) is 25.1 Å². The standard InChI is InChI=1S/C13H19NO4S/c1-3-17-10-5-6-13-11(9-10)12(7-8-18-13)14-19(15,16)4-2/h5-6,9,12,14H,3-4,7-8H2,1-2H3. The molecule has 1 aromatic carbocycles. The van der Waals surface area contributed by atoms with Gasteiger partial charge in [-0.25, -0.2) is 13.1 Å². The number of ether oxygens (including phenoxy) is 2. The Morgan fingerprint density at radius 2 is 2.21 bits per heavy atom. The highest BCUT2D eigenvalue weighted by molar-refractivity contribution is 7.89. The van der Waals surface area contributed by atoms with Crippen molar-refractivity contribution in [1.29, 1.82) is 0 Å². The summed E-state index contributed by atoms with van der Waals surface area (Å²) in [6.07, 6.45) is 0.627. The third-order valence-corrected chi connectivity index (χ3v) is 4.44. The van der Waals surface area contributed by atoms with Crippen LogP contribution in [0.4, 0.5) is 0 Å². The molecule has 0 aliphatic carbocycles. The van der Waals surface area contributed by atoms with E-state index in [1.54, 1.807) is 6.92 Å². The summed E-state index contributed by atoms with van der Waals surface area (Å²) in [5.41, 5.74) is 0.842. The molecule has 0 spiro atoms. The van der Waals surface area contributed by atoms with Crippen molar-refractivity contribution in [3.05, 3.63) is 23.8 Å². The minimum Gasteiger partial charge on any atom is -0.494 e. The molecule has 6 heteroatoms. The second-order valence-corrected chi connectivity index (χ2v) is 6.39. The van der Waals surface area contributed by atoms with E-state index in [2.05, 4.69) is 4.72 Å². The molecule has 1 aliphatic heterocycles. The Kier molecular flexibility index (Phi) is 4.31. The number of nitrogens with one attached hydrogen (secondary N) is 1. The Morgan fingerprint density at radius 1 is 1.42 bits per heavy atom. The smallest absolute Gasteiger partial charge is 0.211 e. The number of fused-ring (bicyclic) bond motifs is 1. The van der Waals surface area contributed by atoms with Crippen LogP contribution in [-0.2, 0) is 10.0 Å². The minimum absolute atomic E-state index is 0.0742. The Labute approximate surface area is 114 Å². The van der Waals surface area contributed by atoms with Gasteiger partial charge in [-0.1, -0.05) is 0 Å². The van der Waals surface area contributed by atoms with E-state index in [1.165, 1.54) is 0 Å². The molecule has 0 aromatic heterocycles. The number of sulfonamides is 1. The van der Waals surface area contributed by atoms with Gasteiger partial charge in [0.1, 0.15) is 11.5 Å². The first-order chi connectivity index (χ1) is 9.05. The summed E-state index contributed by atoms with van der Waals surface area (Å²) in [6.45, 7) is 4.62. The molecule has 0 bridgehead atoms. The summed E-state index contributed by atoms with van der Waals surface area (Å²) >= 11 is 0. The van der Waals surface area contributed by atoms with Gasteiger partial charge < -0.3 is 9.47 Å². The summed E-state index contributed by atoms with van der Waals surface area (Å²) < 4.78 is 37.1. The molecule has 0 saturated carbocycles. The van der Waals surface area contributed by atoms with Crippen LogP contribution in [0.15, 0.2) is 18.2 Å². The number of rotatable bonds is 5. The topological polar surface area (TPSA) is 64.6 Å². The summed E-state index contributed by atoms with van der Waals surface area (Å²) in [5.74, 6) is 1.52. The largest absolute Gasteiger partial charge is 0.494 e. The molecule has 1 atom stereocenters. The lowest BCUT2D eigenvalue weighted by Gasteiger charge is -2.26. The van der Waals surface area contributed by atoms with Gasteiger partial charge in [-0.05, 0) is 32.0 Å². The van der Waals surface area contributed by atoms with Gasteiger partial charge in [0.05, 0.1) is 25.0 Å². The van der Waals surface area contributed by atoms with E-state index in [9.17, 15) is 8.42 Å². The van der Waals surface area contributed by atoms with Crippen LogP contribution in [0.5, 0.6) is 11.5 Å². The van der Waals surface area contributed by atoms with Crippen LogP contribution >= 0.6 is 0 Å². The maximum absolute atomic E-state index is 11.7. The number of hydrogen-bond acceptors (Lipinski definition) is 4. The Morgan fingerprint density at radius 3 is 2.89 bits per heavy atom. The zero-order chi connectivity index (χ0) is 13.9. The summed E-state index contributed by atoms with van der Waals surface area (Å²) in [5, 5.41) is 0. The lowest BCUT2D eigenvalue weighted by Crippen LogP contribution is -2.33. The molecular formula is C13H19NO4S. The monoisotopic (exact) mass is 285 g/mol. The summed E-state index contributed by atoms with van der Waals surface area (Å²) in [7, 11) is -3.23. The van der Waals surface area contributed by atoms with Gasteiger partial charge in [0.15, 0.2) is 0 Å². The molecule has 5 nitrogen and oxygen atoms in total.